The first-order valence-corrected chi connectivity index (χ1v) is 4.02. The smallest absolute Gasteiger partial charge is 0.325 e. The van der Waals surface area contributed by atoms with Crippen LogP contribution in [0, 0.1) is 6.92 Å². The summed E-state index contributed by atoms with van der Waals surface area (Å²) in [6.07, 6.45) is 1.52. The Morgan fingerprint density at radius 3 is 3.00 bits per heavy atom. The lowest BCUT2D eigenvalue weighted by Crippen LogP contribution is -1.95. The van der Waals surface area contributed by atoms with Crippen molar-refractivity contribution in [2.75, 3.05) is 5.73 Å². The maximum atomic E-state index is 5.46. The van der Waals surface area contributed by atoms with Gasteiger partial charge in [-0.3, -0.25) is 5.10 Å². The monoisotopic (exact) mass is 191 g/mol. The molecule has 0 amide bonds. The molecule has 6 heteroatoms. The Morgan fingerprint density at radius 2 is 2.36 bits per heavy atom. The first-order chi connectivity index (χ1) is 6.74. The van der Waals surface area contributed by atoms with E-state index in [1.165, 1.54) is 6.20 Å². The van der Waals surface area contributed by atoms with Crippen molar-refractivity contribution in [3.63, 3.8) is 0 Å². The quantitative estimate of drug-likeness (QED) is 0.735. The second-order valence-corrected chi connectivity index (χ2v) is 2.76. The number of aryl methyl sites for hydroxylation is 1. The first kappa shape index (κ1) is 8.49. The zero-order chi connectivity index (χ0) is 9.97. The molecule has 0 saturated carbocycles. The Hall–Kier alpha value is -2.11. The fourth-order valence-electron chi connectivity index (χ4n) is 0.942. The van der Waals surface area contributed by atoms with E-state index in [1.54, 1.807) is 12.1 Å². The van der Waals surface area contributed by atoms with Crippen molar-refractivity contribution < 1.29 is 4.74 Å². The van der Waals surface area contributed by atoms with Crippen LogP contribution >= 0.6 is 0 Å². The van der Waals surface area contributed by atoms with E-state index in [-0.39, 0.29) is 6.01 Å². The van der Waals surface area contributed by atoms with Crippen LogP contribution in [-0.2, 0) is 0 Å². The highest BCUT2D eigenvalue weighted by Crippen LogP contribution is 2.15. The normalized spacial score (nSPS) is 10.1. The number of ether oxygens (including phenoxy) is 1. The van der Waals surface area contributed by atoms with Gasteiger partial charge in [-0.15, -0.1) is 5.10 Å². The summed E-state index contributed by atoms with van der Waals surface area (Å²) in [5.74, 6) is 0.787. The number of hydrogen-bond acceptors (Lipinski definition) is 5. The molecule has 0 aliphatic rings. The lowest BCUT2D eigenvalue weighted by Gasteiger charge is -1.98. The Labute approximate surface area is 80.1 Å². The van der Waals surface area contributed by atoms with E-state index in [9.17, 15) is 0 Å². The average Bonchev–Trinajstić information content (AvgIpc) is 2.51. The molecule has 0 spiro atoms. The topological polar surface area (TPSA) is 89.7 Å². The van der Waals surface area contributed by atoms with Crippen molar-refractivity contribution in [3.05, 3.63) is 24.0 Å². The third kappa shape index (κ3) is 1.79. The molecule has 0 aliphatic carbocycles. The molecule has 2 heterocycles. The van der Waals surface area contributed by atoms with E-state index in [4.69, 9.17) is 10.5 Å². The molecule has 2 aromatic heterocycles. The number of anilines is 1. The van der Waals surface area contributed by atoms with Crippen LogP contribution in [0.4, 0.5) is 5.82 Å². The number of rotatable bonds is 2. The van der Waals surface area contributed by atoms with Crippen LogP contribution in [0.15, 0.2) is 18.3 Å². The van der Waals surface area contributed by atoms with Crippen molar-refractivity contribution in [2.45, 2.75) is 6.92 Å². The van der Waals surface area contributed by atoms with Gasteiger partial charge in [-0.2, -0.15) is 4.98 Å². The van der Waals surface area contributed by atoms with Crippen LogP contribution < -0.4 is 10.5 Å². The zero-order valence-electron chi connectivity index (χ0n) is 7.56. The number of nitrogen functional groups attached to an aromatic ring is 1. The average molecular weight is 191 g/mol. The van der Waals surface area contributed by atoms with Crippen LogP contribution in [0.1, 0.15) is 5.69 Å². The first-order valence-electron chi connectivity index (χ1n) is 4.02. The van der Waals surface area contributed by atoms with Crippen molar-refractivity contribution in [3.8, 4) is 11.9 Å². The number of H-pyrrole nitrogens is 1. The molecule has 2 rings (SSSR count). The van der Waals surface area contributed by atoms with E-state index in [0.29, 0.717) is 11.7 Å². The molecule has 0 atom stereocenters. The summed E-state index contributed by atoms with van der Waals surface area (Å²) in [7, 11) is 0. The fourth-order valence-corrected chi connectivity index (χ4v) is 0.942. The summed E-state index contributed by atoms with van der Waals surface area (Å²) >= 11 is 0. The van der Waals surface area contributed by atoms with E-state index >= 15 is 0 Å². The summed E-state index contributed by atoms with van der Waals surface area (Å²) in [4.78, 5) is 7.75. The standard InChI is InChI=1S/C8H9N5O/c1-5-4-7(13-12-5)14-8-10-3-2-6(9)11-8/h2-4H,1H3,(H,12,13)(H2,9,10,11). The number of nitrogens with zero attached hydrogens (tertiary/aromatic N) is 3. The van der Waals surface area contributed by atoms with E-state index in [0.717, 1.165) is 5.69 Å². The molecule has 2 aromatic rings. The third-order valence-corrected chi connectivity index (χ3v) is 1.53. The predicted octanol–water partition coefficient (Wildman–Crippen LogP) is 0.883. The summed E-state index contributed by atoms with van der Waals surface area (Å²) < 4.78 is 5.24. The lowest BCUT2D eigenvalue weighted by molar-refractivity contribution is 0.425. The number of aromatic amines is 1. The van der Waals surface area contributed by atoms with Gasteiger partial charge in [0.25, 0.3) is 0 Å². The summed E-state index contributed by atoms with van der Waals surface area (Å²) in [6, 6.07) is 3.52. The zero-order valence-corrected chi connectivity index (χ0v) is 7.56. The van der Waals surface area contributed by atoms with Crippen molar-refractivity contribution in [2.24, 2.45) is 0 Å². The molecule has 0 radical (unpaired) electrons. The highest BCUT2D eigenvalue weighted by atomic mass is 16.5. The minimum atomic E-state index is 0.191. The molecule has 0 aliphatic heterocycles. The molecule has 0 bridgehead atoms. The molecule has 0 aromatic carbocycles. The summed E-state index contributed by atoms with van der Waals surface area (Å²) in [5.41, 5.74) is 6.36. The Bertz CT molecular complexity index is 439. The minimum absolute atomic E-state index is 0.191. The molecular weight excluding hydrogens is 182 g/mol. The van der Waals surface area contributed by atoms with Gasteiger partial charge in [0.15, 0.2) is 0 Å². The van der Waals surface area contributed by atoms with Gasteiger partial charge in [0.1, 0.15) is 5.82 Å². The van der Waals surface area contributed by atoms with E-state index in [2.05, 4.69) is 20.2 Å². The van der Waals surface area contributed by atoms with Gasteiger partial charge >= 0.3 is 6.01 Å². The van der Waals surface area contributed by atoms with Gasteiger partial charge in [0.05, 0.1) is 0 Å². The van der Waals surface area contributed by atoms with Gasteiger partial charge in [0, 0.05) is 18.0 Å². The highest BCUT2D eigenvalue weighted by Gasteiger charge is 2.02. The maximum absolute atomic E-state index is 5.46. The van der Waals surface area contributed by atoms with Crippen LogP contribution in [0.5, 0.6) is 11.9 Å². The molecular formula is C8H9N5O. The molecule has 3 N–H and O–H groups in total. The number of hydrogen-bond donors (Lipinski definition) is 2. The SMILES string of the molecule is Cc1cc(Oc2nccc(N)n2)n[nH]1. The molecule has 0 saturated heterocycles. The second kappa shape index (κ2) is 3.33. The Balaban J connectivity index is 2.18. The minimum Gasteiger partial charge on any atom is -0.404 e. The van der Waals surface area contributed by atoms with E-state index in [1.807, 2.05) is 6.92 Å². The van der Waals surface area contributed by atoms with Crippen molar-refractivity contribution in [1.29, 1.82) is 0 Å². The van der Waals surface area contributed by atoms with Crippen LogP contribution in [0.3, 0.4) is 0 Å². The van der Waals surface area contributed by atoms with Gasteiger partial charge < -0.3 is 10.5 Å². The second-order valence-electron chi connectivity index (χ2n) is 2.76. The number of nitrogens with one attached hydrogen (secondary N) is 1. The van der Waals surface area contributed by atoms with Crippen LogP contribution in [-0.4, -0.2) is 20.2 Å². The number of nitrogens with two attached hydrogens (primary N) is 1. The largest absolute Gasteiger partial charge is 0.404 e. The van der Waals surface area contributed by atoms with Gasteiger partial charge in [-0.25, -0.2) is 4.98 Å². The van der Waals surface area contributed by atoms with Crippen molar-refractivity contribution in [1.82, 2.24) is 20.2 Å². The predicted molar refractivity (Wildman–Crippen MR) is 49.8 cm³/mol. The highest BCUT2D eigenvalue weighted by molar-refractivity contribution is 5.27. The molecule has 6 nitrogen and oxygen atoms in total. The van der Waals surface area contributed by atoms with Crippen molar-refractivity contribution >= 4 is 5.82 Å². The molecule has 14 heavy (non-hydrogen) atoms. The molecule has 0 unspecified atom stereocenters. The van der Waals surface area contributed by atoms with Crippen LogP contribution in [0.25, 0.3) is 0 Å². The van der Waals surface area contributed by atoms with Gasteiger partial charge in [-0.1, -0.05) is 0 Å². The Morgan fingerprint density at radius 1 is 1.50 bits per heavy atom. The molecule has 0 fully saturated rings. The third-order valence-electron chi connectivity index (χ3n) is 1.53. The summed E-state index contributed by atoms with van der Waals surface area (Å²) in [5, 5.41) is 6.61. The van der Waals surface area contributed by atoms with Gasteiger partial charge in [-0.05, 0) is 13.0 Å². The lowest BCUT2D eigenvalue weighted by atomic mass is 10.5. The fraction of sp³-hybridized carbons (Fsp3) is 0.125. The van der Waals surface area contributed by atoms with E-state index < -0.39 is 0 Å². The van der Waals surface area contributed by atoms with Gasteiger partial charge in [0.2, 0.25) is 5.88 Å². The maximum Gasteiger partial charge on any atom is 0.325 e. The number of aromatic nitrogens is 4. The molecule has 72 valence electrons. The Kier molecular flexibility index (Phi) is 2.02. The van der Waals surface area contributed by atoms with Crippen LogP contribution in [0.2, 0.25) is 0 Å². The summed E-state index contributed by atoms with van der Waals surface area (Å²) in [6.45, 7) is 1.88.